The number of methoxy groups -OCH3 is 2. The summed E-state index contributed by atoms with van der Waals surface area (Å²) < 4.78 is 10.2. The summed E-state index contributed by atoms with van der Waals surface area (Å²) in [5.41, 5.74) is 0.768. The van der Waals surface area contributed by atoms with Crippen LogP contribution in [0.3, 0.4) is 0 Å². The minimum absolute atomic E-state index is 0.00123. The molecule has 1 rings (SSSR count). The zero-order valence-corrected chi connectivity index (χ0v) is 10.8. The molecule has 0 bridgehead atoms. The largest absolute Gasteiger partial charge is 0.508 e. The highest BCUT2D eigenvalue weighted by Crippen LogP contribution is 2.20. The maximum Gasteiger partial charge on any atom is 0.120 e. The summed E-state index contributed by atoms with van der Waals surface area (Å²) in [7, 11) is 3.27. The van der Waals surface area contributed by atoms with Gasteiger partial charge in [-0.05, 0) is 18.2 Å². The van der Waals surface area contributed by atoms with Crippen molar-refractivity contribution in [3.05, 3.63) is 28.8 Å². The lowest BCUT2D eigenvalue weighted by Gasteiger charge is -2.15. The van der Waals surface area contributed by atoms with E-state index in [1.807, 2.05) is 0 Å². The van der Waals surface area contributed by atoms with Crippen LogP contribution in [0.4, 0.5) is 0 Å². The quantitative estimate of drug-likeness (QED) is 0.784. The third-order valence-corrected chi connectivity index (χ3v) is 2.65. The number of aromatic hydroxyl groups is 1. The van der Waals surface area contributed by atoms with E-state index < -0.39 is 0 Å². The number of hydrogen-bond donors (Lipinski definition) is 2. The van der Waals surface area contributed by atoms with E-state index in [9.17, 15) is 5.11 Å². The molecular formula is C12H18ClNO3. The summed E-state index contributed by atoms with van der Waals surface area (Å²) in [5, 5.41) is 13.4. The average Bonchev–Trinajstić information content (AvgIpc) is 2.32. The zero-order chi connectivity index (χ0) is 12.7. The topological polar surface area (TPSA) is 50.7 Å². The Morgan fingerprint density at radius 2 is 2.18 bits per heavy atom. The number of nitrogens with one attached hydrogen (secondary N) is 1. The summed E-state index contributed by atoms with van der Waals surface area (Å²) in [6.45, 7) is 1.72. The smallest absolute Gasteiger partial charge is 0.120 e. The normalized spacial score (nSPS) is 12.6. The van der Waals surface area contributed by atoms with Crippen molar-refractivity contribution in [1.82, 2.24) is 5.32 Å². The number of ether oxygens (including phenoxy) is 2. The molecule has 4 nitrogen and oxygen atoms in total. The van der Waals surface area contributed by atoms with E-state index in [4.69, 9.17) is 21.1 Å². The van der Waals surface area contributed by atoms with Gasteiger partial charge in [-0.1, -0.05) is 11.6 Å². The van der Waals surface area contributed by atoms with Gasteiger partial charge in [0.25, 0.3) is 0 Å². The van der Waals surface area contributed by atoms with E-state index in [-0.39, 0.29) is 11.9 Å². The lowest BCUT2D eigenvalue weighted by Crippen LogP contribution is -2.31. The fourth-order valence-corrected chi connectivity index (χ4v) is 1.65. The molecule has 0 saturated carbocycles. The van der Waals surface area contributed by atoms with Gasteiger partial charge in [-0.3, -0.25) is 0 Å². The van der Waals surface area contributed by atoms with Gasteiger partial charge in [0.05, 0.1) is 12.7 Å². The van der Waals surface area contributed by atoms with E-state index in [2.05, 4.69) is 5.32 Å². The van der Waals surface area contributed by atoms with E-state index in [0.29, 0.717) is 24.7 Å². The Morgan fingerprint density at radius 3 is 2.82 bits per heavy atom. The predicted octanol–water partition coefficient (Wildman–Crippen LogP) is 1.80. The summed E-state index contributed by atoms with van der Waals surface area (Å²) in [6, 6.07) is 4.98. The predicted molar refractivity (Wildman–Crippen MR) is 67.5 cm³/mol. The van der Waals surface area contributed by atoms with Gasteiger partial charge >= 0.3 is 0 Å². The molecule has 0 heterocycles. The molecule has 0 amide bonds. The van der Waals surface area contributed by atoms with Crippen molar-refractivity contribution >= 4 is 11.6 Å². The molecule has 0 aliphatic rings. The number of rotatable bonds is 7. The van der Waals surface area contributed by atoms with Gasteiger partial charge in [-0.15, -0.1) is 0 Å². The van der Waals surface area contributed by atoms with E-state index >= 15 is 0 Å². The Kier molecular flexibility index (Phi) is 6.29. The fraction of sp³-hybridized carbons (Fsp3) is 0.500. The lowest BCUT2D eigenvalue weighted by molar-refractivity contribution is 0.0287. The first-order valence-corrected chi connectivity index (χ1v) is 5.75. The van der Waals surface area contributed by atoms with Crippen LogP contribution >= 0.6 is 11.6 Å². The van der Waals surface area contributed by atoms with Crippen LogP contribution in [-0.4, -0.2) is 38.6 Å². The van der Waals surface area contributed by atoms with Crippen molar-refractivity contribution in [2.24, 2.45) is 0 Å². The second-order valence-electron chi connectivity index (χ2n) is 3.72. The minimum Gasteiger partial charge on any atom is -0.508 e. The number of phenolic OH excluding ortho intramolecular Hbond substituents is 1. The highest BCUT2D eigenvalue weighted by Gasteiger charge is 2.07. The van der Waals surface area contributed by atoms with E-state index in [1.165, 1.54) is 0 Å². The van der Waals surface area contributed by atoms with Crippen molar-refractivity contribution in [1.29, 1.82) is 0 Å². The zero-order valence-electron chi connectivity index (χ0n) is 10.1. The molecule has 1 atom stereocenters. The summed E-state index contributed by atoms with van der Waals surface area (Å²) >= 11 is 5.85. The Balaban J connectivity index is 2.42. The van der Waals surface area contributed by atoms with Crippen molar-refractivity contribution in [3.63, 3.8) is 0 Å². The van der Waals surface area contributed by atoms with Crippen LogP contribution in [0.5, 0.6) is 5.75 Å². The molecule has 5 heteroatoms. The molecule has 96 valence electrons. The van der Waals surface area contributed by atoms with Gasteiger partial charge < -0.3 is 19.9 Å². The first-order chi connectivity index (χ1) is 8.17. The Bertz CT molecular complexity index is 347. The molecule has 1 aromatic rings. The third-order valence-electron chi connectivity index (χ3n) is 2.41. The van der Waals surface area contributed by atoms with Gasteiger partial charge in [-0.2, -0.15) is 0 Å². The van der Waals surface area contributed by atoms with Gasteiger partial charge in [-0.25, -0.2) is 0 Å². The Labute approximate surface area is 106 Å². The van der Waals surface area contributed by atoms with Gasteiger partial charge in [0.15, 0.2) is 0 Å². The molecule has 1 unspecified atom stereocenters. The Morgan fingerprint density at radius 1 is 1.41 bits per heavy atom. The molecule has 17 heavy (non-hydrogen) atoms. The summed E-state index contributed by atoms with van der Waals surface area (Å²) in [4.78, 5) is 0. The number of benzene rings is 1. The van der Waals surface area contributed by atoms with Crippen LogP contribution in [0.1, 0.15) is 5.56 Å². The van der Waals surface area contributed by atoms with E-state index in [0.717, 1.165) is 5.56 Å². The molecule has 0 aliphatic heterocycles. The van der Waals surface area contributed by atoms with Crippen LogP contribution in [0.2, 0.25) is 5.02 Å². The molecule has 0 spiro atoms. The number of halogens is 1. The Hall–Kier alpha value is -0.810. The summed E-state index contributed by atoms with van der Waals surface area (Å²) in [6.07, 6.45) is 0.00123. The fourth-order valence-electron chi connectivity index (χ4n) is 1.46. The molecule has 0 aliphatic carbocycles. The van der Waals surface area contributed by atoms with Gasteiger partial charge in [0, 0.05) is 37.9 Å². The molecule has 0 radical (unpaired) electrons. The van der Waals surface area contributed by atoms with Crippen LogP contribution < -0.4 is 5.32 Å². The highest BCUT2D eigenvalue weighted by atomic mass is 35.5. The second kappa shape index (κ2) is 7.50. The van der Waals surface area contributed by atoms with Crippen molar-refractivity contribution in [2.45, 2.75) is 12.6 Å². The highest BCUT2D eigenvalue weighted by molar-refractivity contribution is 6.30. The lowest BCUT2D eigenvalue weighted by atomic mass is 10.2. The van der Waals surface area contributed by atoms with Crippen LogP contribution in [0.15, 0.2) is 18.2 Å². The third kappa shape index (κ3) is 4.91. The van der Waals surface area contributed by atoms with Gasteiger partial charge in [0.1, 0.15) is 5.75 Å². The minimum atomic E-state index is 0.00123. The van der Waals surface area contributed by atoms with Crippen molar-refractivity contribution in [3.8, 4) is 5.75 Å². The first-order valence-electron chi connectivity index (χ1n) is 5.37. The summed E-state index contributed by atoms with van der Waals surface area (Å²) in [5.74, 6) is 0.239. The SMILES string of the molecule is COCC(CNCc1cc(Cl)ccc1O)OC. The molecule has 0 fully saturated rings. The maximum atomic E-state index is 9.61. The van der Waals surface area contributed by atoms with Crippen molar-refractivity contribution in [2.75, 3.05) is 27.4 Å². The van der Waals surface area contributed by atoms with E-state index in [1.54, 1.807) is 32.4 Å². The molecular weight excluding hydrogens is 242 g/mol. The standard InChI is InChI=1S/C12H18ClNO3/c1-16-8-11(17-2)7-14-6-9-5-10(13)3-4-12(9)15/h3-5,11,14-15H,6-8H2,1-2H3. The molecule has 0 saturated heterocycles. The van der Waals surface area contributed by atoms with Crippen LogP contribution in [-0.2, 0) is 16.0 Å². The first kappa shape index (κ1) is 14.3. The molecule has 2 N–H and O–H groups in total. The monoisotopic (exact) mass is 259 g/mol. The second-order valence-corrected chi connectivity index (χ2v) is 4.15. The van der Waals surface area contributed by atoms with Crippen LogP contribution in [0, 0.1) is 0 Å². The van der Waals surface area contributed by atoms with Crippen LogP contribution in [0.25, 0.3) is 0 Å². The molecule has 0 aromatic heterocycles. The van der Waals surface area contributed by atoms with Gasteiger partial charge in [0.2, 0.25) is 0 Å². The average molecular weight is 260 g/mol. The number of hydrogen-bond acceptors (Lipinski definition) is 4. The van der Waals surface area contributed by atoms with Crippen molar-refractivity contribution < 1.29 is 14.6 Å². The molecule has 1 aromatic carbocycles. The maximum absolute atomic E-state index is 9.61. The number of phenols is 1.